The lowest BCUT2D eigenvalue weighted by Crippen LogP contribution is -2.07. The summed E-state index contributed by atoms with van der Waals surface area (Å²) in [4.78, 5) is 32.9. The predicted molar refractivity (Wildman–Crippen MR) is 238 cm³/mol. The van der Waals surface area contributed by atoms with Crippen LogP contribution in [0.2, 0.25) is 0 Å². The van der Waals surface area contributed by atoms with Gasteiger partial charge in [0.1, 0.15) is 46.4 Å². The normalized spacial score (nSPS) is 10.6. The van der Waals surface area contributed by atoms with E-state index in [1.54, 1.807) is 103 Å². The summed E-state index contributed by atoms with van der Waals surface area (Å²) in [7, 11) is 0. The van der Waals surface area contributed by atoms with E-state index in [2.05, 4.69) is 17.1 Å². The van der Waals surface area contributed by atoms with Crippen LogP contribution in [0.1, 0.15) is 59.7 Å². The van der Waals surface area contributed by atoms with Crippen LogP contribution in [0.25, 0.3) is 22.3 Å². The van der Waals surface area contributed by atoms with Crippen LogP contribution in [-0.2, 0) is 0 Å². The number of nitriles is 2. The van der Waals surface area contributed by atoms with Gasteiger partial charge in [-0.1, -0.05) is 90.5 Å². The molecule has 0 unspecified atom stereocenters. The highest BCUT2D eigenvalue weighted by atomic mass is 16.5. The van der Waals surface area contributed by atoms with Crippen LogP contribution < -0.4 is 14.2 Å². The number of nitrogens with zero attached hydrogens (tertiary/aromatic N) is 3. The molecule has 7 aromatic carbocycles. The average molecular weight is 808 g/mol. The summed E-state index contributed by atoms with van der Waals surface area (Å²) in [6, 6.07) is 53.0. The second kappa shape index (κ2) is 17.7. The number of hydrogen-bond acceptors (Lipinski definition) is 8. The predicted octanol–water partition coefficient (Wildman–Crippen LogP) is 12.9. The Morgan fingerprint density at radius 3 is 1.85 bits per heavy atom. The van der Waals surface area contributed by atoms with Gasteiger partial charge in [-0.25, -0.2) is 4.98 Å². The molecule has 0 aliphatic rings. The number of carbonyl (C=O) groups is 2. The van der Waals surface area contributed by atoms with Crippen molar-refractivity contribution in [3.05, 3.63) is 220 Å². The maximum atomic E-state index is 14.8. The first-order valence-electron chi connectivity index (χ1n) is 19.8. The molecule has 298 valence electrons. The molecule has 8 rings (SSSR count). The number of ether oxygens (including phenoxy) is 3. The van der Waals surface area contributed by atoms with Crippen molar-refractivity contribution in [3.63, 3.8) is 0 Å². The Hall–Kier alpha value is -8.59. The Kier molecular flexibility index (Phi) is 11.5. The third-order valence-corrected chi connectivity index (χ3v) is 10.4. The van der Waals surface area contributed by atoms with Crippen LogP contribution in [0.15, 0.2) is 170 Å². The van der Waals surface area contributed by atoms with E-state index in [1.165, 1.54) is 0 Å². The minimum absolute atomic E-state index is 0.140. The van der Waals surface area contributed by atoms with Crippen LogP contribution in [-0.4, -0.2) is 16.6 Å². The van der Waals surface area contributed by atoms with Gasteiger partial charge in [0.15, 0.2) is 11.6 Å². The minimum Gasteiger partial charge on any atom is -0.456 e. The molecule has 8 heteroatoms. The molecule has 1 heterocycles. The van der Waals surface area contributed by atoms with Crippen LogP contribution in [0.4, 0.5) is 0 Å². The number of aryl methyl sites for hydroxylation is 3. The summed E-state index contributed by atoms with van der Waals surface area (Å²) >= 11 is 0. The fourth-order valence-corrected chi connectivity index (χ4v) is 7.21. The van der Waals surface area contributed by atoms with E-state index in [4.69, 9.17) is 14.2 Å². The molecule has 0 saturated heterocycles. The highest BCUT2D eigenvalue weighted by Gasteiger charge is 2.23. The number of carbonyl (C=O) groups excluding carboxylic acids is 2. The van der Waals surface area contributed by atoms with Gasteiger partial charge in [0, 0.05) is 40.1 Å². The highest BCUT2D eigenvalue weighted by Crippen LogP contribution is 2.39. The molecule has 0 spiro atoms. The van der Waals surface area contributed by atoms with Gasteiger partial charge in [-0.3, -0.25) is 9.59 Å². The Labute approximate surface area is 359 Å². The first kappa shape index (κ1) is 40.2. The number of ketones is 2. The second-order valence-corrected chi connectivity index (χ2v) is 14.6. The lowest BCUT2D eigenvalue weighted by atomic mass is 9.86. The lowest BCUT2D eigenvalue weighted by Gasteiger charge is -2.17. The van der Waals surface area contributed by atoms with Crippen molar-refractivity contribution in [2.75, 3.05) is 0 Å². The Bertz CT molecular complexity index is 3080. The molecule has 0 aliphatic carbocycles. The zero-order chi connectivity index (χ0) is 43.2. The lowest BCUT2D eigenvalue weighted by molar-refractivity contribution is 0.103. The summed E-state index contributed by atoms with van der Waals surface area (Å²) in [5, 5.41) is 20.4. The smallest absolute Gasteiger partial charge is 0.219 e. The highest BCUT2D eigenvalue weighted by molar-refractivity contribution is 6.15. The topological polar surface area (TPSA) is 122 Å². The zero-order valence-corrected chi connectivity index (χ0v) is 34.0. The van der Waals surface area contributed by atoms with Crippen molar-refractivity contribution in [2.45, 2.75) is 20.8 Å². The molecule has 1 aromatic heterocycles. The molecule has 0 radical (unpaired) electrons. The van der Waals surface area contributed by atoms with Crippen molar-refractivity contribution in [2.24, 2.45) is 0 Å². The molecule has 8 nitrogen and oxygen atoms in total. The van der Waals surface area contributed by atoms with Crippen LogP contribution in [0.5, 0.6) is 34.6 Å². The number of benzene rings is 7. The summed E-state index contributed by atoms with van der Waals surface area (Å²) in [6.45, 7) is 5.66. The molecule has 0 fully saturated rings. The van der Waals surface area contributed by atoms with Gasteiger partial charge >= 0.3 is 0 Å². The molecule has 0 aliphatic heterocycles. The monoisotopic (exact) mass is 807 g/mol. The summed E-state index contributed by atoms with van der Waals surface area (Å²) in [5.74, 6) is 2.24. The number of aromatic nitrogens is 1. The zero-order valence-electron chi connectivity index (χ0n) is 34.0. The standard InChI is InChI=1S/C54H37N3O5/c1-34-18-25-42(45(29-34)53(58)37-12-5-4-6-13-37)39-21-26-44(46(31-39)54(59)38-19-22-40(23-20-38)61-52-17-7-8-28-57-52)43-14-10-16-51(48(43)33-56)60-41-24-27-49(36(3)30-41)62-50-15-9-11-35(2)47(50)32-55/h4-31H,1-3H3. The summed E-state index contributed by atoms with van der Waals surface area (Å²) < 4.78 is 18.4. The van der Waals surface area contributed by atoms with Crippen LogP contribution >= 0.6 is 0 Å². The molecule has 0 atom stereocenters. The van der Waals surface area contributed by atoms with E-state index < -0.39 is 0 Å². The van der Waals surface area contributed by atoms with Gasteiger partial charge in [0.2, 0.25) is 5.88 Å². The molecule has 0 saturated carbocycles. The number of hydrogen-bond donors (Lipinski definition) is 0. The minimum atomic E-state index is -0.302. The Balaban J connectivity index is 1.19. The Morgan fingerprint density at radius 2 is 1.15 bits per heavy atom. The summed E-state index contributed by atoms with van der Waals surface area (Å²) in [5.41, 5.74) is 7.23. The van der Waals surface area contributed by atoms with E-state index in [9.17, 15) is 20.1 Å². The van der Waals surface area contributed by atoms with Gasteiger partial charge in [0.05, 0.1) is 5.56 Å². The Morgan fingerprint density at radius 1 is 0.484 bits per heavy atom. The van der Waals surface area contributed by atoms with Crippen molar-refractivity contribution in [1.29, 1.82) is 10.5 Å². The van der Waals surface area contributed by atoms with Crippen molar-refractivity contribution in [3.8, 4) is 69.0 Å². The third-order valence-electron chi connectivity index (χ3n) is 10.4. The molecule has 62 heavy (non-hydrogen) atoms. The number of rotatable bonds is 12. The quantitative estimate of drug-likeness (QED) is 0.112. The maximum absolute atomic E-state index is 14.8. The largest absolute Gasteiger partial charge is 0.456 e. The van der Waals surface area contributed by atoms with E-state index in [1.807, 2.05) is 87.5 Å². The van der Waals surface area contributed by atoms with E-state index in [0.29, 0.717) is 78.9 Å². The van der Waals surface area contributed by atoms with Gasteiger partial charge in [-0.15, -0.1) is 0 Å². The van der Waals surface area contributed by atoms with Crippen LogP contribution in [0.3, 0.4) is 0 Å². The van der Waals surface area contributed by atoms with E-state index >= 15 is 0 Å². The first-order valence-corrected chi connectivity index (χ1v) is 19.8. The molecular formula is C54H37N3O5. The van der Waals surface area contributed by atoms with Gasteiger partial charge in [0.25, 0.3) is 0 Å². The van der Waals surface area contributed by atoms with Crippen molar-refractivity contribution < 1.29 is 23.8 Å². The molecule has 0 N–H and O–H groups in total. The van der Waals surface area contributed by atoms with E-state index in [0.717, 1.165) is 16.7 Å². The number of pyridine rings is 1. The van der Waals surface area contributed by atoms with Crippen LogP contribution in [0, 0.1) is 43.4 Å². The average Bonchev–Trinajstić information content (AvgIpc) is 3.30. The molecule has 0 bridgehead atoms. The van der Waals surface area contributed by atoms with Crippen molar-refractivity contribution in [1.82, 2.24) is 4.98 Å². The van der Waals surface area contributed by atoms with Gasteiger partial charge < -0.3 is 14.2 Å². The fourth-order valence-electron chi connectivity index (χ4n) is 7.21. The third kappa shape index (κ3) is 8.44. The maximum Gasteiger partial charge on any atom is 0.219 e. The molecule has 8 aromatic rings. The fraction of sp³-hybridized carbons (Fsp3) is 0.0556. The van der Waals surface area contributed by atoms with Crippen molar-refractivity contribution >= 4 is 11.6 Å². The molecular weight excluding hydrogens is 771 g/mol. The SMILES string of the molecule is Cc1ccc(-c2ccc(-c3cccc(Oc4ccc(Oc5cccc(C)c5C#N)c(C)c4)c3C#N)c(C(=O)c3ccc(Oc4ccccn4)cc3)c2)c(C(=O)c2ccccc2)c1. The van der Waals surface area contributed by atoms with Gasteiger partial charge in [-0.2, -0.15) is 10.5 Å². The second-order valence-electron chi connectivity index (χ2n) is 14.6. The van der Waals surface area contributed by atoms with E-state index in [-0.39, 0.29) is 22.9 Å². The van der Waals surface area contributed by atoms with Gasteiger partial charge in [-0.05, 0) is 121 Å². The molecule has 0 amide bonds. The first-order chi connectivity index (χ1) is 30.2. The summed E-state index contributed by atoms with van der Waals surface area (Å²) in [6.07, 6.45) is 1.64.